The molecule has 1 fully saturated rings. The SMILES string of the molecule is O=C(NC1CCc2onc(CN3CCCC3)c2C1)c1cccc(F)c1. The minimum atomic E-state index is -0.398. The zero-order valence-corrected chi connectivity index (χ0v) is 14.1. The second-order valence-electron chi connectivity index (χ2n) is 6.94. The zero-order chi connectivity index (χ0) is 17.2. The number of likely N-dealkylation sites (tertiary alicyclic amines) is 1. The fraction of sp³-hybridized carbons (Fsp3) is 0.474. The number of hydrogen-bond acceptors (Lipinski definition) is 4. The Morgan fingerprint density at radius 2 is 2.20 bits per heavy atom. The molecule has 1 aromatic carbocycles. The molecule has 4 rings (SSSR count). The first-order valence-corrected chi connectivity index (χ1v) is 8.94. The lowest BCUT2D eigenvalue weighted by atomic mass is 9.91. The van der Waals surface area contributed by atoms with Crippen LogP contribution in [0.25, 0.3) is 0 Å². The van der Waals surface area contributed by atoms with Crippen LogP contribution < -0.4 is 5.32 Å². The largest absolute Gasteiger partial charge is 0.361 e. The molecule has 1 saturated heterocycles. The van der Waals surface area contributed by atoms with Crippen molar-refractivity contribution in [1.29, 1.82) is 0 Å². The molecule has 1 atom stereocenters. The number of fused-ring (bicyclic) bond motifs is 1. The van der Waals surface area contributed by atoms with Crippen LogP contribution in [0.4, 0.5) is 4.39 Å². The van der Waals surface area contributed by atoms with E-state index in [-0.39, 0.29) is 11.9 Å². The third-order valence-electron chi connectivity index (χ3n) is 5.12. The van der Waals surface area contributed by atoms with Gasteiger partial charge in [0.2, 0.25) is 0 Å². The van der Waals surface area contributed by atoms with Crippen molar-refractivity contribution < 1.29 is 13.7 Å². The number of carbonyl (C=O) groups is 1. The number of hydrogen-bond donors (Lipinski definition) is 1. The molecule has 1 aliphatic carbocycles. The Kier molecular flexibility index (Phi) is 4.53. The Balaban J connectivity index is 1.43. The molecule has 5 nitrogen and oxygen atoms in total. The van der Waals surface area contributed by atoms with Gasteiger partial charge in [0, 0.05) is 30.1 Å². The van der Waals surface area contributed by atoms with Gasteiger partial charge >= 0.3 is 0 Å². The van der Waals surface area contributed by atoms with Crippen LogP contribution in [-0.2, 0) is 19.4 Å². The third kappa shape index (κ3) is 3.58. The molecule has 1 amide bonds. The summed E-state index contributed by atoms with van der Waals surface area (Å²) in [6, 6.07) is 5.81. The standard InChI is InChI=1S/C19H22FN3O2/c20-14-5-3-4-13(10-14)19(24)21-15-6-7-18-16(11-15)17(22-25-18)12-23-8-1-2-9-23/h3-5,10,15H,1-2,6-9,11-12H2,(H,21,24). The fourth-order valence-electron chi connectivity index (χ4n) is 3.76. The number of benzene rings is 1. The first-order valence-electron chi connectivity index (χ1n) is 8.94. The summed E-state index contributed by atoms with van der Waals surface area (Å²) >= 11 is 0. The predicted octanol–water partition coefficient (Wildman–Crippen LogP) is 2.70. The van der Waals surface area contributed by atoms with Gasteiger partial charge in [-0.1, -0.05) is 11.2 Å². The van der Waals surface area contributed by atoms with E-state index in [1.165, 1.54) is 25.0 Å². The molecule has 1 N–H and O–H groups in total. The molecular weight excluding hydrogens is 321 g/mol. The Morgan fingerprint density at radius 3 is 3.00 bits per heavy atom. The van der Waals surface area contributed by atoms with Crippen LogP contribution in [0.1, 0.15) is 46.6 Å². The van der Waals surface area contributed by atoms with E-state index in [9.17, 15) is 9.18 Å². The van der Waals surface area contributed by atoms with Gasteiger partial charge in [0.15, 0.2) is 0 Å². The van der Waals surface area contributed by atoms with Crippen LogP contribution in [0.5, 0.6) is 0 Å². The Hall–Kier alpha value is -2.21. The molecule has 1 aromatic heterocycles. The summed E-state index contributed by atoms with van der Waals surface area (Å²) in [6.45, 7) is 3.05. The van der Waals surface area contributed by atoms with Crippen molar-refractivity contribution in [3.63, 3.8) is 0 Å². The lowest BCUT2D eigenvalue weighted by Gasteiger charge is -2.23. The summed E-state index contributed by atoms with van der Waals surface area (Å²) in [7, 11) is 0. The number of carbonyl (C=O) groups excluding carboxylic acids is 1. The second-order valence-corrected chi connectivity index (χ2v) is 6.94. The highest BCUT2D eigenvalue weighted by atomic mass is 19.1. The molecule has 0 radical (unpaired) electrons. The van der Waals surface area contributed by atoms with Crippen molar-refractivity contribution in [2.75, 3.05) is 13.1 Å². The predicted molar refractivity (Wildman–Crippen MR) is 90.7 cm³/mol. The van der Waals surface area contributed by atoms with E-state index in [2.05, 4.69) is 15.4 Å². The van der Waals surface area contributed by atoms with Crippen LogP contribution in [0, 0.1) is 5.82 Å². The van der Waals surface area contributed by atoms with E-state index in [0.29, 0.717) is 5.56 Å². The van der Waals surface area contributed by atoms with Crippen LogP contribution >= 0.6 is 0 Å². The van der Waals surface area contributed by atoms with E-state index in [1.807, 2.05) is 0 Å². The molecule has 1 aliphatic heterocycles. The minimum Gasteiger partial charge on any atom is -0.361 e. The molecule has 0 saturated carbocycles. The van der Waals surface area contributed by atoms with E-state index < -0.39 is 5.82 Å². The highest BCUT2D eigenvalue weighted by Crippen LogP contribution is 2.26. The van der Waals surface area contributed by atoms with Gasteiger partial charge in [0.25, 0.3) is 5.91 Å². The van der Waals surface area contributed by atoms with Gasteiger partial charge in [-0.2, -0.15) is 0 Å². The number of rotatable bonds is 4. The summed E-state index contributed by atoms with van der Waals surface area (Å²) in [6.07, 6.45) is 4.80. The van der Waals surface area contributed by atoms with Crippen molar-refractivity contribution in [3.05, 3.63) is 52.7 Å². The Morgan fingerprint density at radius 1 is 1.36 bits per heavy atom. The molecule has 2 aromatic rings. The van der Waals surface area contributed by atoms with Gasteiger partial charge in [-0.3, -0.25) is 9.69 Å². The summed E-state index contributed by atoms with van der Waals surface area (Å²) in [5, 5.41) is 7.29. The highest BCUT2D eigenvalue weighted by molar-refractivity contribution is 5.94. The van der Waals surface area contributed by atoms with Crippen LogP contribution in [-0.4, -0.2) is 35.1 Å². The van der Waals surface area contributed by atoms with Gasteiger partial charge in [0.1, 0.15) is 17.3 Å². The van der Waals surface area contributed by atoms with Crippen LogP contribution in [0.2, 0.25) is 0 Å². The number of aromatic nitrogens is 1. The number of nitrogens with zero attached hydrogens (tertiary/aromatic N) is 2. The first-order chi connectivity index (χ1) is 12.2. The van der Waals surface area contributed by atoms with Crippen molar-refractivity contribution in [3.8, 4) is 0 Å². The molecule has 132 valence electrons. The molecule has 2 heterocycles. The lowest BCUT2D eigenvalue weighted by molar-refractivity contribution is 0.0932. The smallest absolute Gasteiger partial charge is 0.251 e. The molecule has 1 unspecified atom stereocenters. The molecule has 2 aliphatic rings. The average molecular weight is 343 g/mol. The topological polar surface area (TPSA) is 58.4 Å². The van der Waals surface area contributed by atoms with E-state index >= 15 is 0 Å². The average Bonchev–Trinajstić information content (AvgIpc) is 3.26. The molecule has 0 bridgehead atoms. The first kappa shape index (κ1) is 16.3. The highest BCUT2D eigenvalue weighted by Gasteiger charge is 2.28. The third-order valence-corrected chi connectivity index (χ3v) is 5.12. The maximum atomic E-state index is 13.3. The van der Waals surface area contributed by atoms with Crippen molar-refractivity contribution >= 4 is 5.91 Å². The van der Waals surface area contributed by atoms with Gasteiger partial charge in [0.05, 0.1) is 0 Å². The van der Waals surface area contributed by atoms with Crippen molar-refractivity contribution in [1.82, 2.24) is 15.4 Å². The second kappa shape index (κ2) is 6.96. The maximum Gasteiger partial charge on any atom is 0.251 e. The lowest BCUT2D eigenvalue weighted by Crippen LogP contribution is -2.39. The van der Waals surface area contributed by atoms with E-state index in [0.717, 1.165) is 55.9 Å². The number of nitrogens with one attached hydrogen (secondary N) is 1. The maximum absolute atomic E-state index is 13.3. The Bertz CT molecular complexity index is 768. The van der Waals surface area contributed by atoms with Crippen LogP contribution in [0.3, 0.4) is 0 Å². The fourth-order valence-corrected chi connectivity index (χ4v) is 3.76. The van der Waals surface area contributed by atoms with Gasteiger partial charge in [-0.05, 0) is 57.0 Å². The molecule has 25 heavy (non-hydrogen) atoms. The minimum absolute atomic E-state index is 0.0278. The molecule has 0 spiro atoms. The van der Waals surface area contributed by atoms with Gasteiger partial charge in [-0.25, -0.2) is 4.39 Å². The van der Waals surface area contributed by atoms with Crippen molar-refractivity contribution in [2.45, 2.75) is 44.7 Å². The number of halogens is 1. The summed E-state index contributed by atoms with van der Waals surface area (Å²) in [4.78, 5) is 14.7. The number of aryl methyl sites for hydroxylation is 1. The zero-order valence-electron chi connectivity index (χ0n) is 14.1. The summed E-state index contributed by atoms with van der Waals surface area (Å²) < 4.78 is 18.8. The van der Waals surface area contributed by atoms with Crippen molar-refractivity contribution in [2.24, 2.45) is 0 Å². The molecular formula is C19H22FN3O2. The van der Waals surface area contributed by atoms with Gasteiger partial charge < -0.3 is 9.84 Å². The monoisotopic (exact) mass is 343 g/mol. The quantitative estimate of drug-likeness (QED) is 0.927. The van der Waals surface area contributed by atoms with Crippen LogP contribution in [0.15, 0.2) is 28.8 Å². The van der Waals surface area contributed by atoms with E-state index in [1.54, 1.807) is 12.1 Å². The normalized spacial score (nSPS) is 20.4. The summed E-state index contributed by atoms with van der Waals surface area (Å²) in [5.41, 5.74) is 2.50. The van der Waals surface area contributed by atoms with E-state index in [4.69, 9.17) is 4.52 Å². The Labute approximate surface area is 146 Å². The number of amides is 1. The summed E-state index contributed by atoms with van der Waals surface area (Å²) in [5.74, 6) is 0.321. The molecule has 6 heteroatoms. The van der Waals surface area contributed by atoms with Gasteiger partial charge in [-0.15, -0.1) is 0 Å².